The molecule has 0 spiro atoms. The molecule has 6 aromatic rings. The fourth-order valence-corrected chi connectivity index (χ4v) is 8.68. The lowest BCUT2D eigenvalue weighted by atomic mass is 10.1. The van der Waals surface area contributed by atoms with Crippen LogP contribution in [0.3, 0.4) is 0 Å². The number of rotatable bonds is 16. The molecule has 1 aliphatic heterocycles. The third-order valence-corrected chi connectivity index (χ3v) is 12.3. The van der Waals surface area contributed by atoms with Crippen molar-refractivity contribution in [1.82, 2.24) is 49.8 Å². The number of unbranched alkanes of at least 4 members (excludes halogenated alkanes) is 2. The number of nitrogens with one attached hydrogen (secondary N) is 2. The highest BCUT2D eigenvalue weighted by Gasteiger charge is 2.20. The highest BCUT2D eigenvalue weighted by molar-refractivity contribution is 8.00. The maximum absolute atomic E-state index is 13.0. The minimum atomic E-state index is -0.193. The van der Waals surface area contributed by atoms with Gasteiger partial charge in [-0.15, -0.1) is 10.2 Å². The van der Waals surface area contributed by atoms with Crippen LogP contribution in [-0.2, 0) is 18.7 Å². The summed E-state index contributed by atoms with van der Waals surface area (Å²) >= 11 is 2.90. The molecule has 0 aliphatic carbocycles. The van der Waals surface area contributed by atoms with Crippen LogP contribution in [0, 0.1) is 6.92 Å². The molecule has 14 nitrogen and oxygen atoms in total. The van der Waals surface area contributed by atoms with Gasteiger partial charge in [0.1, 0.15) is 5.69 Å². The highest BCUT2D eigenvalue weighted by atomic mass is 32.2. The monoisotopic (exact) mass is 805 g/mol. The van der Waals surface area contributed by atoms with Gasteiger partial charge in [-0.05, 0) is 85.7 Å². The second kappa shape index (κ2) is 18.7. The van der Waals surface area contributed by atoms with Gasteiger partial charge in [0.15, 0.2) is 4.34 Å². The average molecular weight is 806 g/mol. The second-order valence-corrected chi connectivity index (χ2v) is 16.4. The number of carbonyl (C=O) groups is 2. The average Bonchev–Trinajstić information content (AvgIpc) is 3.95. The van der Waals surface area contributed by atoms with E-state index in [-0.39, 0.29) is 17.4 Å². The van der Waals surface area contributed by atoms with E-state index < -0.39 is 0 Å². The molecule has 296 valence electrons. The Balaban J connectivity index is 0.773. The summed E-state index contributed by atoms with van der Waals surface area (Å²) in [5.74, 6) is 0.416. The Morgan fingerprint density at radius 2 is 1.81 bits per heavy atom. The first-order valence-corrected chi connectivity index (χ1v) is 21.1. The summed E-state index contributed by atoms with van der Waals surface area (Å²) in [6, 6.07) is 14.0. The number of pyridine rings is 3. The lowest BCUT2D eigenvalue weighted by Gasteiger charge is -2.36. The molecule has 7 rings (SSSR count). The van der Waals surface area contributed by atoms with Gasteiger partial charge >= 0.3 is 0 Å². The van der Waals surface area contributed by atoms with E-state index in [9.17, 15) is 14.4 Å². The van der Waals surface area contributed by atoms with Gasteiger partial charge in [-0.2, -0.15) is 0 Å². The lowest BCUT2D eigenvalue weighted by molar-refractivity contribution is 0.0791. The molecule has 0 radical (unpaired) electrons. The summed E-state index contributed by atoms with van der Waals surface area (Å²) in [7, 11) is 1.79. The molecule has 1 fully saturated rings. The Bertz CT molecular complexity index is 2350. The molecule has 6 heterocycles. The highest BCUT2D eigenvalue weighted by Crippen LogP contribution is 2.28. The maximum Gasteiger partial charge on any atom is 0.284 e. The van der Waals surface area contributed by atoms with Gasteiger partial charge in [-0.25, -0.2) is 9.97 Å². The maximum atomic E-state index is 13.0. The number of carbonyl (C=O) groups excluding carboxylic acids is 2. The Morgan fingerprint density at radius 3 is 2.56 bits per heavy atom. The molecule has 2 amide bonds. The van der Waals surface area contributed by atoms with Gasteiger partial charge in [-0.1, -0.05) is 36.1 Å². The number of fused-ring (bicyclic) bond motifs is 1. The fourth-order valence-electron chi connectivity index (χ4n) is 6.76. The van der Waals surface area contributed by atoms with Gasteiger partial charge in [-0.3, -0.25) is 24.3 Å². The van der Waals surface area contributed by atoms with Crippen molar-refractivity contribution in [1.29, 1.82) is 0 Å². The number of thioether (sulfide) groups is 1. The van der Waals surface area contributed by atoms with Crippen molar-refractivity contribution in [3.8, 4) is 5.69 Å². The van der Waals surface area contributed by atoms with Crippen LogP contribution in [0.5, 0.6) is 0 Å². The predicted octanol–water partition coefficient (Wildman–Crippen LogP) is 5.51. The third kappa shape index (κ3) is 10.1. The van der Waals surface area contributed by atoms with E-state index in [0.29, 0.717) is 30.2 Å². The first-order valence-electron chi connectivity index (χ1n) is 19.3. The first-order chi connectivity index (χ1) is 27.7. The fraction of sp³-hybridized carbons (Fsp3) is 0.366. The molecule has 1 saturated heterocycles. The summed E-state index contributed by atoms with van der Waals surface area (Å²) in [6.45, 7) is 9.39. The van der Waals surface area contributed by atoms with Crippen molar-refractivity contribution in [3.63, 3.8) is 0 Å². The molecule has 0 bridgehead atoms. The molecule has 1 aromatic carbocycles. The van der Waals surface area contributed by atoms with Crippen molar-refractivity contribution in [2.24, 2.45) is 0 Å². The van der Waals surface area contributed by atoms with Crippen LogP contribution < -0.4 is 15.8 Å². The van der Waals surface area contributed by atoms with Crippen LogP contribution >= 0.6 is 23.1 Å². The van der Waals surface area contributed by atoms with E-state index in [2.05, 4.69) is 70.4 Å². The van der Waals surface area contributed by atoms with Crippen molar-refractivity contribution < 1.29 is 9.59 Å². The molecule has 5 aromatic heterocycles. The number of anilines is 1. The number of imidazole rings is 1. The van der Waals surface area contributed by atoms with E-state index in [1.807, 2.05) is 42.1 Å². The third-order valence-electron chi connectivity index (χ3n) is 10.2. The van der Waals surface area contributed by atoms with Crippen LogP contribution in [0.2, 0.25) is 0 Å². The Kier molecular flexibility index (Phi) is 13.0. The number of aromatic nitrogens is 7. The second-order valence-electron chi connectivity index (χ2n) is 14.2. The predicted molar refractivity (Wildman–Crippen MR) is 224 cm³/mol. The Hall–Kier alpha value is -5.45. The Morgan fingerprint density at radius 1 is 0.965 bits per heavy atom. The van der Waals surface area contributed by atoms with Crippen molar-refractivity contribution in [2.45, 2.75) is 56.2 Å². The normalized spacial score (nSPS) is 13.3. The summed E-state index contributed by atoms with van der Waals surface area (Å²) < 4.78 is 2.74. The van der Waals surface area contributed by atoms with Crippen LogP contribution in [0.15, 0.2) is 82.7 Å². The largest absolute Gasteiger partial charge is 0.368 e. The van der Waals surface area contributed by atoms with E-state index in [1.165, 1.54) is 22.5 Å². The number of amides is 2. The van der Waals surface area contributed by atoms with Crippen molar-refractivity contribution in [3.05, 3.63) is 117 Å². The minimum absolute atomic E-state index is 0.0488. The number of hydrogen-bond donors (Lipinski definition) is 2. The van der Waals surface area contributed by atoms with Gasteiger partial charge in [0.05, 0.1) is 29.2 Å². The van der Waals surface area contributed by atoms with Gasteiger partial charge < -0.3 is 24.7 Å². The number of aromatic amines is 1. The number of H-pyrrole nitrogens is 1. The zero-order valence-electron chi connectivity index (χ0n) is 32.5. The van der Waals surface area contributed by atoms with Gasteiger partial charge in [0.2, 0.25) is 5.01 Å². The SMILES string of the molecule is CCc1cc2ncc(CN3CCN(c4ccc(C(=O)NCCCCCN(C)C(=O)c5nnc(SCc6ccc(-n7ccnc7)cc6C)s5)nc4)CC3)cc2[nH]c1=O. The van der Waals surface area contributed by atoms with Gasteiger partial charge in [0.25, 0.3) is 17.4 Å². The molecular weight excluding hydrogens is 759 g/mol. The van der Waals surface area contributed by atoms with E-state index in [4.69, 9.17) is 0 Å². The molecule has 0 atom stereocenters. The number of piperazine rings is 1. The lowest BCUT2D eigenvalue weighted by Crippen LogP contribution is -2.46. The van der Waals surface area contributed by atoms with E-state index in [0.717, 1.165) is 95.6 Å². The number of benzene rings is 1. The summed E-state index contributed by atoms with van der Waals surface area (Å²) in [6.07, 6.45) is 12.3. The van der Waals surface area contributed by atoms with Crippen LogP contribution in [0.25, 0.3) is 16.7 Å². The van der Waals surface area contributed by atoms with Crippen LogP contribution in [0.1, 0.15) is 68.7 Å². The molecule has 0 saturated carbocycles. The Labute approximate surface area is 339 Å². The first kappa shape index (κ1) is 39.8. The molecule has 0 unspecified atom stereocenters. The molecule has 2 N–H and O–H groups in total. The van der Waals surface area contributed by atoms with Crippen molar-refractivity contribution >= 4 is 51.6 Å². The zero-order chi connectivity index (χ0) is 39.7. The van der Waals surface area contributed by atoms with Crippen LogP contribution in [-0.4, -0.2) is 103 Å². The number of aryl methyl sites for hydroxylation is 2. The zero-order valence-corrected chi connectivity index (χ0v) is 34.1. The number of hydrogen-bond acceptors (Lipinski definition) is 12. The quantitative estimate of drug-likeness (QED) is 0.0939. The summed E-state index contributed by atoms with van der Waals surface area (Å²) in [5.41, 5.74) is 8.19. The summed E-state index contributed by atoms with van der Waals surface area (Å²) in [5, 5.41) is 11.8. The summed E-state index contributed by atoms with van der Waals surface area (Å²) in [4.78, 5) is 60.5. The van der Waals surface area contributed by atoms with E-state index >= 15 is 0 Å². The van der Waals surface area contributed by atoms with Crippen molar-refractivity contribution in [2.75, 3.05) is 51.2 Å². The van der Waals surface area contributed by atoms with Crippen LogP contribution in [0.4, 0.5) is 5.69 Å². The molecule has 1 aliphatic rings. The van der Waals surface area contributed by atoms with Gasteiger partial charge in [0, 0.05) is 88.5 Å². The standard InChI is InChI=1S/C41H47N11O3S2/c1-4-30-22-35-36(46-37(30)53)21-29(23-44-35)25-50-16-18-51(19-17-50)33-10-11-34(45-24-33)38(54)43-12-6-5-7-14-49(3)40(55)39-47-48-41(57-39)56-26-31-8-9-32(20-28(31)2)52-15-13-42-27-52/h8-11,13,15,20-24,27H,4-7,12,14,16-19,25-26H2,1-3H3,(H,43,54)(H,46,53). The molecule has 16 heteroatoms. The van der Waals surface area contributed by atoms with E-state index in [1.54, 1.807) is 48.5 Å². The smallest absolute Gasteiger partial charge is 0.284 e. The molecular formula is C41H47N11O3S2. The minimum Gasteiger partial charge on any atom is -0.368 e. The topological polar surface area (TPSA) is 158 Å². The number of nitrogens with zero attached hydrogens (tertiary/aromatic N) is 9. The molecule has 57 heavy (non-hydrogen) atoms.